The second-order valence-corrected chi connectivity index (χ2v) is 24.4. The maximum Gasteiger partial charge on any atom is 0.164 e. The van der Waals surface area contributed by atoms with E-state index >= 15 is 0 Å². The third-order valence-corrected chi connectivity index (χ3v) is 18.6. The van der Waals surface area contributed by atoms with Crippen LogP contribution in [-0.4, -0.2) is 31.1 Å². The molecular formula is C49H40N4OSi2. The van der Waals surface area contributed by atoms with E-state index in [-0.39, 0.29) is 0 Å². The van der Waals surface area contributed by atoms with Crippen molar-refractivity contribution in [2.75, 3.05) is 4.90 Å². The summed E-state index contributed by atoms with van der Waals surface area (Å²) in [4.78, 5) is 17.4. The van der Waals surface area contributed by atoms with Gasteiger partial charge in [0, 0.05) is 33.8 Å². The van der Waals surface area contributed by atoms with Crippen molar-refractivity contribution < 1.29 is 4.74 Å². The fourth-order valence-corrected chi connectivity index (χ4v) is 14.3. The SMILES string of the molecule is C[Si]1(C)c2cc(-c3ccc4c(c3)[Si](C)(C)c3ccccc3N4c3ccccc3)ccc2Oc2ccc(-c3nc(-c4ccccc4)nc(-c4ccccc4)n3)cc21. The molecule has 0 atom stereocenters. The van der Waals surface area contributed by atoms with Gasteiger partial charge in [0.1, 0.15) is 27.6 Å². The molecule has 0 fully saturated rings. The van der Waals surface area contributed by atoms with Crippen LogP contribution >= 0.6 is 0 Å². The predicted octanol–water partition coefficient (Wildman–Crippen LogP) is 10.1. The standard InChI is InChI=1S/C49H40N4OSi2/c1-55(2)43-23-15-14-22-39(43)53(38-20-12-7-13-21-38)40-27-24-35(30-44(40)55)36-25-28-41-45(31-36)56(3,4)46-32-37(26-29-42(46)54-41)49-51-47(33-16-8-5-9-17-33)50-48(52-49)34-18-10-6-11-19-34/h5-32H,1-4H3. The van der Waals surface area contributed by atoms with Gasteiger partial charge in [-0.25, -0.2) is 15.0 Å². The van der Waals surface area contributed by atoms with Crippen molar-refractivity contribution in [1.29, 1.82) is 0 Å². The minimum absolute atomic E-state index is 0.650. The molecule has 0 unspecified atom stereocenters. The third kappa shape index (κ3) is 5.62. The first-order chi connectivity index (χ1) is 27.3. The number of aromatic nitrogens is 3. The Hall–Kier alpha value is -6.42. The van der Waals surface area contributed by atoms with Crippen molar-refractivity contribution in [2.24, 2.45) is 0 Å². The molecule has 2 aliphatic heterocycles. The number of hydrogen-bond donors (Lipinski definition) is 0. The fraction of sp³-hybridized carbons (Fsp3) is 0.0816. The number of rotatable bonds is 5. The van der Waals surface area contributed by atoms with Crippen LogP contribution in [0.1, 0.15) is 0 Å². The second-order valence-electron chi connectivity index (χ2n) is 15.7. The monoisotopic (exact) mass is 756 g/mol. The van der Waals surface area contributed by atoms with Crippen LogP contribution in [0.3, 0.4) is 0 Å². The quantitative estimate of drug-likeness (QED) is 0.164. The van der Waals surface area contributed by atoms with Crippen LogP contribution in [0.2, 0.25) is 26.2 Å². The second kappa shape index (κ2) is 13.1. The zero-order chi connectivity index (χ0) is 38.0. The van der Waals surface area contributed by atoms with Gasteiger partial charge in [0.25, 0.3) is 0 Å². The van der Waals surface area contributed by atoms with E-state index in [4.69, 9.17) is 19.7 Å². The number of para-hydroxylation sites is 2. The van der Waals surface area contributed by atoms with Gasteiger partial charge in [0.2, 0.25) is 0 Å². The van der Waals surface area contributed by atoms with E-state index in [1.165, 1.54) is 48.9 Å². The lowest BCUT2D eigenvalue weighted by Crippen LogP contribution is -2.58. The van der Waals surface area contributed by atoms with Crippen molar-refractivity contribution in [3.05, 3.63) is 170 Å². The average molecular weight is 757 g/mol. The summed E-state index contributed by atoms with van der Waals surface area (Å²) >= 11 is 0. The Kier molecular flexibility index (Phi) is 7.99. The van der Waals surface area contributed by atoms with Crippen LogP contribution < -0.4 is 30.4 Å². The number of anilines is 3. The van der Waals surface area contributed by atoms with Crippen LogP contribution in [0.5, 0.6) is 11.5 Å². The number of hydrogen-bond acceptors (Lipinski definition) is 5. The smallest absolute Gasteiger partial charge is 0.164 e. The van der Waals surface area contributed by atoms with Gasteiger partial charge in [-0.2, -0.15) is 0 Å². The third-order valence-electron chi connectivity index (χ3n) is 11.6. The number of benzene rings is 7. The summed E-state index contributed by atoms with van der Waals surface area (Å²) in [5.41, 5.74) is 9.05. The molecule has 0 amide bonds. The van der Waals surface area contributed by atoms with Gasteiger partial charge in [-0.3, -0.25) is 0 Å². The van der Waals surface area contributed by atoms with Crippen LogP contribution in [0.15, 0.2) is 170 Å². The molecule has 0 radical (unpaired) electrons. The van der Waals surface area contributed by atoms with Gasteiger partial charge in [0.05, 0.1) is 0 Å². The minimum atomic E-state index is -2.27. The van der Waals surface area contributed by atoms with Crippen molar-refractivity contribution in [2.45, 2.75) is 26.2 Å². The Bertz CT molecular complexity index is 2730. The summed E-state index contributed by atoms with van der Waals surface area (Å²) < 4.78 is 6.69. The molecule has 270 valence electrons. The molecule has 56 heavy (non-hydrogen) atoms. The Balaban J connectivity index is 1.05. The predicted molar refractivity (Wildman–Crippen MR) is 236 cm³/mol. The average Bonchev–Trinajstić information content (AvgIpc) is 3.24. The Morgan fingerprint density at radius 3 is 1.41 bits per heavy atom. The lowest BCUT2D eigenvalue weighted by atomic mass is 10.0. The van der Waals surface area contributed by atoms with Gasteiger partial charge in [-0.15, -0.1) is 0 Å². The molecule has 0 bridgehead atoms. The van der Waals surface area contributed by atoms with Crippen molar-refractivity contribution in [3.63, 3.8) is 0 Å². The zero-order valence-corrected chi connectivity index (χ0v) is 33.9. The van der Waals surface area contributed by atoms with Crippen molar-refractivity contribution in [3.8, 4) is 56.8 Å². The highest BCUT2D eigenvalue weighted by Crippen LogP contribution is 2.40. The van der Waals surface area contributed by atoms with E-state index in [0.29, 0.717) is 17.5 Å². The maximum atomic E-state index is 6.69. The fourth-order valence-electron chi connectivity index (χ4n) is 8.47. The Morgan fingerprint density at radius 1 is 0.375 bits per heavy atom. The lowest BCUT2D eigenvalue weighted by Gasteiger charge is -2.41. The summed E-state index contributed by atoms with van der Waals surface area (Å²) in [6.07, 6.45) is 0. The molecule has 0 N–H and O–H groups in total. The van der Waals surface area contributed by atoms with Crippen LogP contribution in [-0.2, 0) is 0 Å². The van der Waals surface area contributed by atoms with Crippen LogP contribution in [0, 0.1) is 0 Å². The molecule has 0 saturated carbocycles. The minimum Gasteiger partial charge on any atom is -0.458 e. The zero-order valence-electron chi connectivity index (χ0n) is 31.9. The Labute approximate surface area is 330 Å². The highest BCUT2D eigenvalue weighted by molar-refractivity contribution is 7.03. The molecule has 8 aromatic rings. The number of fused-ring (bicyclic) bond motifs is 4. The topological polar surface area (TPSA) is 51.1 Å². The first-order valence-electron chi connectivity index (χ1n) is 19.2. The molecule has 10 rings (SSSR count). The molecule has 5 nitrogen and oxygen atoms in total. The summed E-state index contributed by atoms with van der Waals surface area (Å²) in [5, 5.41) is 5.42. The van der Waals surface area contributed by atoms with Gasteiger partial charge in [-0.1, -0.05) is 148 Å². The van der Waals surface area contributed by atoms with E-state index in [1.54, 1.807) is 0 Å². The Morgan fingerprint density at radius 2 is 0.804 bits per heavy atom. The highest BCUT2D eigenvalue weighted by Gasteiger charge is 2.40. The first kappa shape index (κ1) is 34.1. The molecule has 7 heteroatoms. The summed E-state index contributed by atoms with van der Waals surface area (Å²) in [5.74, 6) is 3.81. The van der Waals surface area contributed by atoms with E-state index in [0.717, 1.165) is 28.2 Å². The van der Waals surface area contributed by atoms with E-state index in [9.17, 15) is 0 Å². The maximum absolute atomic E-state index is 6.69. The number of ether oxygens (including phenoxy) is 1. The van der Waals surface area contributed by atoms with Gasteiger partial charge >= 0.3 is 0 Å². The molecule has 0 saturated heterocycles. The summed E-state index contributed by atoms with van der Waals surface area (Å²) in [6.45, 7) is 9.83. The van der Waals surface area contributed by atoms with Gasteiger partial charge < -0.3 is 9.64 Å². The highest BCUT2D eigenvalue weighted by atomic mass is 28.3. The van der Waals surface area contributed by atoms with Crippen molar-refractivity contribution in [1.82, 2.24) is 15.0 Å². The summed E-state index contributed by atoms with van der Waals surface area (Å²) in [7, 11) is -4.31. The molecule has 2 aliphatic rings. The molecule has 0 spiro atoms. The van der Waals surface area contributed by atoms with E-state index in [1.807, 2.05) is 60.7 Å². The van der Waals surface area contributed by atoms with E-state index in [2.05, 4.69) is 140 Å². The first-order valence-corrected chi connectivity index (χ1v) is 25.2. The summed E-state index contributed by atoms with van der Waals surface area (Å²) in [6, 6.07) is 60.3. The van der Waals surface area contributed by atoms with Crippen LogP contribution in [0.4, 0.5) is 17.1 Å². The van der Waals surface area contributed by atoms with Gasteiger partial charge in [-0.05, 0) is 80.4 Å². The number of nitrogens with zero attached hydrogens (tertiary/aromatic N) is 4. The van der Waals surface area contributed by atoms with Crippen molar-refractivity contribution >= 4 is 54.0 Å². The largest absolute Gasteiger partial charge is 0.458 e. The lowest BCUT2D eigenvalue weighted by molar-refractivity contribution is 0.487. The molecule has 1 aromatic heterocycles. The van der Waals surface area contributed by atoms with Crippen LogP contribution in [0.25, 0.3) is 45.3 Å². The molecule has 0 aliphatic carbocycles. The normalized spacial score (nSPS) is 14.5. The van der Waals surface area contributed by atoms with Gasteiger partial charge in [0.15, 0.2) is 17.5 Å². The molecule has 3 heterocycles. The molecular weight excluding hydrogens is 717 g/mol. The van der Waals surface area contributed by atoms with E-state index < -0.39 is 16.1 Å². The molecule has 7 aromatic carbocycles.